The second kappa shape index (κ2) is 5.18. The smallest absolute Gasteiger partial charge is 0.203 e. The molecule has 22 heavy (non-hydrogen) atoms. The molecule has 0 amide bonds. The summed E-state index contributed by atoms with van der Waals surface area (Å²) >= 11 is 0. The molecule has 5 heteroatoms. The van der Waals surface area contributed by atoms with Crippen molar-refractivity contribution >= 4 is 22.3 Å². The van der Waals surface area contributed by atoms with Gasteiger partial charge >= 0.3 is 0 Å². The van der Waals surface area contributed by atoms with Crippen LogP contribution in [0.1, 0.15) is 20.7 Å². The Balaban J connectivity index is 2.50. The fraction of sp³-hybridized carbons (Fsp3) is 0.176. The van der Waals surface area contributed by atoms with Gasteiger partial charge in [-0.1, -0.05) is 6.07 Å². The lowest BCUT2D eigenvalue weighted by Gasteiger charge is -2.18. The van der Waals surface area contributed by atoms with Crippen molar-refractivity contribution in [3.05, 3.63) is 41.5 Å². The summed E-state index contributed by atoms with van der Waals surface area (Å²) in [4.78, 5) is 24.3. The number of carbonyl (C=O) groups excluding carboxylic acids is 2. The van der Waals surface area contributed by atoms with Crippen LogP contribution in [0.15, 0.2) is 30.4 Å². The molecule has 0 spiro atoms. The predicted molar refractivity (Wildman–Crippen MR) is 81.4 cm³/mol. The van der Waals surface area contributed by atoms with Gasteiger partial charge in [-0.3, -0.25) is 9.59 Å². The molecule has 0 saturated heterocycles. The number of allylic oxidation sites excluding steroid dienone is 2. The summed E-state index contributed by atoms with van der Waals surface area (Å²) < 4.78 is 16.1. The lowest BCUT2D eigenvalue weighted by atomic mass is 9.89. The molecule has 0 N–H and O–H groups in total. The van der Waals surface area contributed by atoms with Gasteiger partial charge in [-0.2, -0.15) is 0 Å². The fourth-order valence-corrected chi connectivity index (χ4v) is 2.74. The van der Waals surface area contributed by atoms with Gasteiger partial charge < -0.3 is 14.2 Å². The van der Waals surface area contributed by atoms with Crippen molar-refractivity contribution in [2.24, 2.45) is 0 Å². The highest BCUT2D eigenvalue weighted by Gasteiger charge is 2.26. The first-order chi connectivity index (χ1) is 10.6. The minimum atomic E-state index is -0.231. The van der Waals surface area contributed by atoms with Crippen molar-refractivity contribution < 1.29 is 23.8 Å². The van der Waals surface area contributed by atoms with Crippen molar-refractivity contribution in [1.29, 1.82) is 0 Å². The topological polar surface area (TPSA) is 61.8 Å². The standard InChI is InChI=1S/C17H14O5/c1-20-13-8-9-4-5-10-11(18)6-7-12(19)15(10)14(9)17(22-3)16(13)21-2/h4-8H,1-3H3. The molecule has 0 aromatic heterocycles. The molecule has 0 heterocycles. The summed E-state index contributed by atoms with van der Waals surface area (Å²) in [5.74, 6) is 0.835. The highest BCUT2D eigenvalue weighted by molar-refractivity contribution is 6.27. The van der Waals surface area contributed by atoms with Gasteiger partial charge in [0.1, 0.15) is 0 Å². The zero-order valence-corrected chi connectivity index (χ0v) is 12.4. The number of fused-ring (bicyclic) bond motifs is 3. The van der Waals surface area contributed by atoms with E-state index in [1.54, 1.807) is 18.2 Å². The Morgan fingerprint density at radius 1 is 0.818 bits per heavy atom. The average Bonchev–Trinajstić information content (AvgIpc) is 2.55. The maximum atomic E-state index is 12.3. The third kappa shape index (κ3) is 1.86. The Bertz CT molecular complexity index is 833. The monoisotopic (exact) mass is 298 g/mol. The first-order valence-electron chi connectivity index (χ1n) is 6.64. The maximum absolute atomic E-state index is 12.3. The van der Waals surface area contributed by atoms with Crippen LogP contribution in [0, 0.1) is 0 Å². The third-order valence-corrected chi connectivity index (χ3v) is 3.71. The predicted octanol–water partition coefficient (Wildman–Crippen LogP) is 2.80. The highest BCUT2D eigenvalue weighted by Crippen LogP contribution is 2.45. The number of methoxy groups -OCH3 is 3. The summed E-state index contributed by atoms with van der Waals surface area (Å²) in [5, 5.41) is 1.30. The number of ketones is 2. The molecule has 112 valence electrons. The Labute approximate surface area is 127 Å². The first kappa shape index (κ1) is 14.1. The van der Waals surface area contributed by atoms with E-state index in [0.717, 1.165) is 5.39 Å². The first-order valence-corrected chi connectivity index (χ1v) is 6.64. The fourth-order valence-electron chi connectivity index (χ4n) is 2.74. The van der Waals surface area contributed by atoms with Gasteiger partial charge in [-0.25, -0.2) is 0 Å². The molecule has 3 rings (SSSR count). The van der Waals surface area contributed by atoms with E-state index < -0.39 is 0 Å². The number of rotatable bonds is 3. The lowest BCUT2D eigenvalue weighted by molar-refractivity contribution is 0.0995. The molecule has 0 aliphatic heterocycles. The molecule has 0 fully saturated rings. The highest BCUT2D eigenvalue weighted by atomic mass is 16.5. The van der Waals surface area contributed by atoms with Gasteiger partial charge in [0.15, 0.2) is 23.1 Å². The summed E-state index contributed by atoms with van der Waals surface area (Å²) in [6.07, 6.45) is 2.56. The number of ether oxygens (including phenoxy) is 3. The van der Waals surface area contributed by atoms with E-state index in [1.165, 1.54) is 33.5 Å². The van der Waals surface area contributed by atoms with Crippen molar-refractivity contribution in [1.82, 2.24) is 0 Å². The zero-order valence-electron chi connectivity index (χ0n) is 12.4. The Morgan fingerprint density at radius 3 is 2.14 bits per heavy atom. The Morgan fingerprint density at radius 2 is 1.50 bits per heavy atom. The molecular weight excluding hydrogens is 284 g/mol. The van der Waals surface area contributed by atoms with Crippen molar-refractivity contribution in [2.75, 3.05) is 21.3 Å². The van der Waals surface area contributed by atoms with Gasteiger partial charge in [0, 0.05) is 16.5 Å². The number of hydrogen-bond acceptors (Lipinski definition) is 5. The van der Waals surface area contributed by atoms with E-state index in [0.29, 0.717) is 33.8 Å². The van der Waals surface area contributed by atoms with E-state index in [2.05, 4.69) is 0 Å². The van der Waals surface area contributed by atoms with Crippen LogP contribution in [-0.4, -0.2) is 32.9 Å². The van der Waals surface area contributed by atoms with Crippen LogP contribution >= 0.6 is 0 Å². The summed E-state index contributed by atoms with van der Waals surface area (Å²) in [6.45, 7) is 0. The molecular formula is C17H14O5. The van der Waals surface area contributed by atoms with Gasteiger partial charge in [-0.15, -0.1) is 0 Å². The van der Waals surface area contributed by atoms with Crippen LogP contribution in [0.3, 0.4) is 0 Å². The molecule has 0 radical (unpaired) electrons. The van der Waals surface area contributed by atoms with Crippen LogP contribution in [0.2, 0.25) is 0 Å². The molecule has 0 atom stereocenters. The van der Waals surface area contributed by atoms with Crippen LogP contribution in [0.25, 0.3) is 10.8 Å². The second-order valence-corrected chi connectivity index (χ2v) is 4.79. The summed E-state index contributed by atoms with van der Waals surface area (Å²) in [6, 6.07) is 5.17. The summed E-state index contributed by atoms with van der Waals surface area (Å²) in [7, 11) is 4.51. The number of hydrogen-bond donors (Lipinski definition) is 0. The van der Waals surface area contributed by atoms with Crippen LogP contribution in [0.5, 0.6) is 17.2 Å². The second-order valence-electron chi connectivity index (χ2n) is 4.79. The Kier molecular flexibility index (Phi) is 3.33. The molecule has 2 aromatic rings. The molecule has 0 unspecified atom stereocenters. The normalized spacial score (nSPS) is 13.2. The summed E-state index contributed by atoms with van der Waals surface area (Å²) in [5.41, 5.74) is 0.702. The van der Waals surface area contributed by atoms with Crippen molar-refractivity contribution in [2.45, 2.75) is 0 Å². The van der Waals surface area contributed by atoms with Crippen molar-refractivity contribution in [3.8, 4) is 17.2 Å². The molecule has 1 aliphatic rings. The third-order valence-electron chi connectivity index (χ3n) is 3.71. The molecule has 2 aromatic carbocycles. The molecule has 5 nitrogen and oxygen atoms in total. The van der Waals surface area contributed by atoms with Gasteiger partial charge in [-0.05, 0) is 29.7 Å². The molecule has 1 aliphatic carbocycles. The quantitative estimate of drug-likeness (QED) is 0.872. The van der Waals surface area contributed by atoms with Crippen LogP contribution < -0.4 is 14.2 Å². The number of benzene rings is 2. The molecule has 0 bridgehead atoms. The minimum absolute atomic E-state index is 0.201. The maximum Gasteiger partial charge on any atom is 0.203 e. The molecule has 0 saturated carbocycles. The van der Waals surface area contributed by atoms with E-state index in [-0.39, 0.29) is 11.6 Å². The van der Waals surface area contributed by atoms with Gasteiger partial charge in [0.25, 0.3) is 0 Å². The van der Waals surface area contributed by atoms with Gasteiger partial charge in [0.2, 0.25) is 5.75 Å². The van der Waals surface area contributed by atoms with E-state index in [9.17, 15) is 9.59 Å². The minimum Gasteiger partial charge on any atom is -0.493 e. The largest absolute Gasteiger partial charge is 0.493 e. The zero-order chi connectivity index (χ0) is 15.9. The SMILES string of the molecule is COc1cc2ccc3c(c2c(OC)c1OC)C(=O)C=CC3=O. The average molecular weight is 298 g/mol. The van der Waals surface area contributed by atoms with E-state index in [1.807, 2.05) is 0 Å². The van der Waals surface area contributed by atoms with Crippen LogP contribution in [-0.2, 0) is 0 Å². The van der Waals surface area contributed by atoms with E-state index in [4.69, 9.17) is 14.2 Å². The Hall–Kier alpha value is -2.82. The number of carbonyl (C=O) groups is 2. The van der Waals surface area contributed by atoms with Crippen molar-refractivity contribution in [3.63, 3.8) is 0 Å². The lowest BCUT2D eigenvalue weighted by Crippen LogP contribution is -2.12. The van der Waals surface area contributed by atoms with Gasteiger partial charge in [0.05, 0.1) is 21.3 Å². The van der Waals surface area contributed by atoms with E-state index >= 15 is 0 Å². The van der Waals surface area contributed by atoms with Crippen LogP contribution in [0.4, 0.5) is 0 Å².